The summed E-state index contributed by atoms with van der Waals surface area (Å²) in [4.78, 5) is -1.76. The number of sulfone groups is 1. The topological polar surface area (TPSA) is 98.6 Å². The summed E-state index contributed by atoms with van der Waals surface area (Å²) < 4.78 is 91.2. The van der Waals surface area contributed by atoms with Gasteiger partial charge in [0.25, 0.3) is 0 Å². The molecule has 13 heteroatoms. The Hall–Kier alpha value is -3.63. The Bertz CT molecular complexity index is 1690. The lowest BCUT2D eigenvalue weighted by atomic mass is 9.95. The Morgan fingerprint density at radius 3 is 2.08 bits per heavy atom. The molecular formula is C26H23F5N4O2S2. The van der Waals surface area contributed by atoms with Gasteiger partial charge in [0, 0.05) is 17.1 Å². The number of nitrogens with zero attached hydrogens (tertiary/aromatic N) is 2. The van der Waals surface area contributed by atoms with Crippen molar-refractivity contribution in [3.05, 3.63) is 72.4 Å². The lowest BCUT2D eigenvalue weighted by Gasteiger charge is -2.40. The highest BCUT2D eigenvalue weighted by Crippen LogP contribution is 3.02. The van der Waals surface area contributed by atoms with E-state index in [2.05, 4.69) is 15.5 Å². The molecule has 0 aliphatic heterocycles. The second kappa shape index (κ2) is 8.69. The first kappa shape index (κ1) is 27.0. The molecule has 0 radical (unpaired) electrons. The number of fused-ring (bicyclic) bond motifs is 1. The maximum Gasteiger partial charge on any atom is 0.310 e. The molecule has 0 saturated heterocycles. The summed E-state index contributed by atoms with van der Waals surface area (Å²) in [5.41, 5.74) is 2.85. The van der Waals surface area contributed by atoms with Crippen molar-refractivity contribution < 1.29 is 27.8 Å². The number of nitrogens with one attached hydrogen (secondary N) is 2. The standard InChI is InChI=1S/C26H23F5N4O2S2/c27-39(28,29,30,31)23-12-6-20(7-13-23)33-19-4-10-22(11-5-19)38(36,37)21-8-1-17(2-9-21)18-3-14-25-24(15-18)26(16-32)35-34-25/h1-3,6-9,12-15,19,22,33H,4-5,10-11H2,(H,34,35). The Morgan fingerprint density at radius 1 is 0.872 bits per heavy atom. The van der Waals surface area contributed by atoms with Crippen molar-refractivity contribution in [3.63, 3.8) is 0 Å². The summed E-state index contributed by atoms with van der Waals surface area (Å²) in [6.45, 7) is 0. The van der Waals surface area contributed by atoms with Gasteiger partial charge in [0.05, 0.1) is 15.7 Å². The minimum atomic E-state index is -9.73. The van der Waals surface area contributed by atoms with E-state index in [1.165, 1.54) is 0 Å². The van der Waals surface area contributed by atoms with Crippen LogP contribution in [-0.2, 0) is 9.84 Å². The number of halogens is 5. The first-order valence-electron chi connectivity index (χ1n) is 12.0. The number of hydrogen-bond acceptors (Lipinski definition) is 5. The van der Waals surface area contributed by atoms with E-state index in [4.69, 9.17) is 0 Å². The molecule has 2 N–H and O–H groups in total. The monoisotopic (exact) mass is 582 g/mol. The SMILES string of the molecule is N#Cc1n[nH]c2ccc(-c3ccc(S(=O)(=O)C4CCC(Nc5ccc(S(F)(F)(F)(F)F)cc5)CC4)cc3)cc12. The lowest BCUT2D eigenvalue weighted by Crippen LogP contribution is -2.32. The van der Waals surface area contributed by atoms with Gasteiger partial charge in [-0.05, 0) is 85.3 Å². The average molecular weight is 583 g/mol. The number of anilines is 1. The summed E-state index contributed by atoms with van der Waals surface area (Å²) in [7, 11) is -13.3. The van der Waals surface area contributed by atoms with Gasteiger partial charge >= 0.3 is 10.2 Å². The molecule has 3 aromatic carbocycles. The van der Waals surface area contributed by atoms with E-state index >= 15 is 0 Å². The molecule has 1 heterocycles. The van der Waals surface area contributed by atoms with Crippen molar-refractivity contribution in [2.24, 2.45) is 0 Å². The molecule has 6 nitrogen and oxygen atoms in total. The normalized spacial score (nSPS) is 20.1. The van der Waals surface area contributed by atoms with Crippen LogP contribution in [0.25, 0.3) is 22.0 Å². The maximum absolute atomic E-state index is 13.3. The first-order chi connectivity index (χ1) is 18.1. The quantitative estimate of drug-likeness (QED) is 0.225. The van der Waals surface area contributed by atoms with Gasteiger partial charge in [0.2, 0.25) is 0 Å². The van der Waals surface area contributed by atoms with E-state index in [1.807, 2.05) is 18.2 Å². The third-order valence-electron chi connectivity index (χ3n) is 6.97. The molecule has 1 saturated carbocycles. The minimum Gasteiger partial charge on any atom is -0.382 e. The molecule has 1 fully saturated rings. The van der Waals surface area contributed by atoms with E-state index in [0.717, 1.165) is 28.8 Å². The molecule has 1 aliphatic rings. The zero-order chi connectivity index (χ0) is 28.1. The zero-order valence-corrected chi connectivity index (χ0v) is 21.9. The van der Waals surface area contributed by atoms with Gasteiger partial charge in [-0.1, -0.05) is 37.6 Å². The van der Waals surface area contributed by atoms with Crippen LogP contribution in [0.3, 0.4) is 0 Å². The number of aromatic amines is 1. The molecule has 1 aromatic heterocycles. The van der Waals surface area contributed by atoms with Crippen LogP contribution in [0.15, 0.2) is 76.5 Å². The molecule has 0 atom stereocenters. The molecule has 0 unspecified atom stereocenters. The van der Waals surface area contributed by atoms with Crippen molar-refractivity contribution in [1.82, 2.24) is 10.2 Å². The zero-order valence-electron chi connectivity index (χ0n) is 20.3. The minimum absolute atomic E-state index is 0.191. The Balaban J connectivity index is 1.23. The largest absolute Gasteiger partial charge is 0.382 e. The van der Waals surface area contributed by atoms with E-state index in [-0.39, 0.29) is 22.3 Å². The van der Waals surface area contributed by atoms with E-state index < -0.39 is 30.2 Å². The Kier molecular flexibility index (Phi) is 6.01. The summed E-state index contributed by atoms with van der Waals surface area (Å²) in [5.74, 6) is 0. The molecule has 0 bridgehead atoms. The van der Waals surface area contributed by atoms with E-state index in [1.54, 1.807) is 30.3 Å². The van der Waals surface area contributed by atoms with Crippen LogP contribution in [0, 0.1) is 11.3 Å². The van der Waals surface area contributed by atoms with Crippen molar-refractivity contribution in [2.75, 3.05) is 5.32 Å². The molecule has 206 valence electrons. The van der Waals surface area contributed by atoms with Gasteiger partial charge in [-0.15, -0.1) is 0 Å². The average Bonchev–Trinajstić information content (AvgIpc) is 3.30. The van der Waals surface area contributed by atoms with Gasteiger partial charge in [-0.25, -0.2) is 8.42 Å². The van der Waals surface area contributed by atoms with Crippen LogP contribution in [-0.4, -0.2) is 29.9 Å². The highest BCUT2D eigenvalue weighted by atomic mass is 32.5. The van der Waals surface area contributed by atoms with Crippen LogP contribution in [0.4, 0.5) is 25.1 Å². The van der Waals surface area contributed by atoms with E-state index in [9.17, 15) is 33.1 Å². The summed E-state index contributed by atoms with van der Waals surface area (Å²) in [6, 6.07) is 16.5. The highest BCUT2D eigenvalue weighted by molar-refractivity contribution is 8.45. The summed E-state index contributed by atoms with van der Waals surface area (Å²) in [5, 5.41) is 19.0. The number of rotatable bonds is 6. The molecular weight excluding hydrogens is 559 g/mol. The number of aromatic nitrogens is 2. The second-order valence-electron chi connectivity index (χ2n) is 9.63. The van der Waals surface area contributed by atoms with Crippen LogP contribution >= 0.6 is 10.2 Å². The highest BCUT2D eigenvalue weighted by Gasteiger charge is 2.65. The number of benzene rings is 3. The molecule has 0 spiro atoms. The van der Waals surface area contributed by atoms with Crippen LogP contribution in [0.5, 0.6) is 0 Å². The van der Waals surface area contributed by atoms with Crippen molar-refractivity contribution in [3.8, 4) is 17.2 Å². The van der Waals surface area contributed by atoms with Crippen LogP contribution in [0.1, 0.15) is 31.4 Å². The fraction of sp³-hybridized carbons (Fsp3) is 0.231. The van der Waals surface area contributed by atoms with E-state index in [0.29, 0.717) is 43.2 Å². The smallest absolute Gasteiger partial charge is 0.310 e. The van der Waals surface area contributed by atoms with Crippen LogP contribution < -0.4 is 5.32 Å². The van der Waals surface area contributed by atoms with Crippen molar-refractivity contribution in [1.29, 1.82) is 5.26 Å². The summed E-state index contributed by atoms with van der Waals surface area (Å²) >= 11 is 0. The Morgan fingerprint density at radius 2 is 1.49 bits per heavy atom. The fourth-order valence-corrected chi connectivity index (χ4v) is 7.31. The fourth-order valence-electron chi connectivity index (χ4n) is 4.87. The molecule has 5 rings (SSSR count). The van der Waals surface area contributed by atoms with Crippen LogP contribution in [0.2, 0.25) is 0 Å². The molecule has 0 amide bonds. The van der Waals surface area contributed by atoms with Gasteiger partial charge in [-0.2, -0.15) is 10.4 Å². The second-order valence-corrected chi connectivity index (χ2v) is 14.3. The number of H-pyrrole nitrogens is 1. The third-order valence-corrected chi connectivity index (χ3v) is 10.4. The number of nitriles is 1. The molecule has 39 heavy (non-hydrogen) atoms. The summed E-state index contributed by atoms with van der Waals surface area (Å²) in [6.07, 6.45) is 1.60. The van der Waals surface area contributed by atoms with Crippen molar-refractivity contribution in [2.45, 2.75) is 46.8 Å². The van der Waals surface area contributed by atoms with Gasteiger partial charge in [0.15, 0.2) is 15.5 Å². The predicted molar refractivity (Wildman–Crippen MR) is 141 cm³/mol. The van der Waals surface area contributed by atoms with Gasteiger partial charge in [0.1, 0.15) is 11.0 Å². The maximum atomic E-state index is 13.3. The number of hydrogen-bond donors (Lipinski definition) is 2. The van der Waals surface area contributed by atoms with Crippen molar-refractivity contribution >= 4 is 36.7 Å². The molecule has 4 aromatic rings. The first-order valence-corrected chi connectivity index (χ1v) is 15.5. The predicted octanol–water partition coefficient (Wildman–Crippen LogP) is 7.96. The Labute approximate surface area is 221 Å². The van der Waals surface area contributed by atoms with Gasteiger partial charge < -0.3 is 5.32 Å². The third kappa shape index (κ3) is 5.58. The lowest BCUT2D eigenvalue weighted by molar-refractivity contribution is 0.364. The van der Waals surface area contributed by atoms with Gasteiger partial charge in [-0.3, -0.25) is 5.10 Å². The molecule has 1 aliphatic carbocycles.